The molecule has 4 aromatic rings. The van der Waals surface area contributed by atoms with Crippen LogP contribution in [0.3, 0.4) is 0 Å². The van der Waals surface area contributed by atoms with E-state index in [0.717, 1.165) is 11.3 Å². The van der Waals surface area contributed by atoms with Crippen LogP contribution in [0.5, 0.6) is 5.88 Å². The lowest BCUT2D eigenvalue weighted by Crippen LogP contribution is -2.21. The normalized spacial score (nSPS) is 10.9. The Morgan fingerprint density at radius 3 is 2.27 bits per heavy atom. The molecule has 4 rings (SSSR count). The van der Waals surface area contributed by atoms with Gasteiger partial charge in [0.1, 0.15) is 12.3 Å². The van der Waals surface area contributed by atoms with Crippen LogP contribution in [0.4, 0.5) is 0 Å². The Morgan fingerprint density at radius 1 is 0.967 bits per heavy atom. The summed E-state index contributed by atoms with van der Waals surface area (Å²) >= 11 is 5.88. The number of aromatic nitrogens is 2. The Bertz CT molecular complexity index is 1290. The fraction of sp³-hybridized carbons (Fsp3) is 0.125. The number of pyridine rings is 1. The molecule has 0 saturated carbocycles. The summed E-state index contributed by atoms with van der Waals surface area (Å²) in [4.78, 5) is 29.7. The third kappa shape index (κ3) is 3.84. The first-order valence-corrected chi connectivity index (χ1v) is 9.83. The molecule has 0 radical (unpaired) electrons. The lowest BCUT2D eigenvalue weighted by Gasteiger charge is -2.11. The number of hydrogen-bond acceptors (Lipinski definition) is 4. The van der Waals surface area contributed by atoms with E-state index >= 15 is 0 Å². The quantitative estimate of drug-likeness (QED) is 0.438. The number of benzene rings is 2. The molecular weight excluding hydrogens is 400 g/mol. The van der Waals surface area contributed by atoms with Crippen molar-refractivity contribution in [2.75, 3.05) is 0 Å². The number of halogens is 1. The van der Waals surface area contributed by atoms with Gasteiger partial charge in [-0.25, -0.2) is 0 Å². The fourth-order valence-electron chi connectivity index (χ4n) is 3.21. The lowest BCUT2D eigenvalue weighted by molar-refractivity contribution is 0.103. The van der Waals surface area contributed by atoms with Crippen molar-refractivity contribution in [1.29, 1.82) is 0 Å². The lowest BCUT2D eigenvalue weighted by atomic mass is 10.0. The van der Waals surface area contributed by atoms with Gasteiger partial charge in [-0.2, -0.15) is 4.98 Å². The molecule has 0 N–H and O–H groups in total. The van der Waals surface area contributed by atoms with Gasteiger partial charge in [-0.15, -0.1) is 0 Å². The molecule has 30 heavy (non-hydrogen) atoms. The van der Waals surface area contributed by atoms with E-state index in [-0.39, 0.29) is 17.9 Å². The zero-order valence-electron chi connectivity index (χ0n) is 16.6. The number of rotatable bonds is 5. The highest BCUT2D eigenvalue weighted by atomic mass is 35.5. The highest BCUT2D eigenvalue weighted by Gasteiger charge is 2.12. The summed E-state index contributed by atoms with van der Waals surface area (Å²) in [5.41, 5.74) is 3.71. The van der Waals surface area contributed by atoms with Gasteiger partial charge in [0.05, 0.1) is 5.56 Å². The van der Waals surface area contributed by atoms with E-state index in [0.29, 0.717) is 33.2 Å². The van der Waals surface area contributed by atoms with Crippen LogP contribution in [-0.2, 0) is 6.61 Å². The molecule has 6 heteroatoms. The number of carbonyl (C=O) groups excluding carboxylic acids is 1. The van der Waals surface area contributed by atoms with Gasteiger partial charge in [-0.05, 0) is 55.8 Å². The minimum Gasteiger partial charge on any atom is -0.472 e. The van der Waals surface area contributed by atoms with Gasteiger partial charge in [-0.3, -0.25) is 14.0 Å². The Morgan fingerprint density at radius 2 is 1.60 bits per heavy atom. The molecule has 150 valence electrons. The predicted molar refractivity (Wildman–Crippen MR) is 117 cm³/mol. The van der Waals surface area contributed by atoms with E-state index in [1.165, 1.54) is 0 Å². The van der Waals surface area contributed by atoms with E-state index in [1.807, 2.05) is 31.2 Å². The summed E-state index contributed by atoms with van der Waals surface area (Å²) in [6.45, 7) is 3.81. The van der Waals surface area contributed by atoms with Crippen LogP contribution in [0.25, 0.3) is 5.65 Å². The molecule has 0 spiro atoms. The van der Waals surface area contributed by atoms with Crippen molar-refractivity contribution in [2.24, 2.45) is 0 Å². The Labute approximate surface area is 178 Å². The van der Waals surface area contributed by atoms with Gasteiger partial charge >= 0.3 is 0 Å². The zero-order valence-corrected chi connectivity index (χ0v) is 17.3. The third-order valence-electron chi connectivity index (χ3n) is 4.92. The van der Waals surface area contributed by atoms with Crippen molar-refractivity contribution >= 4 is 23.0 Å². The van der Waals surface area contributed by atoms with Gasteiger partial charge in [0, 0.05) is 21.8 Å². The van der Waals surface area contributed by atoms with Crippen LogP contribution >= 0.6 is 11.6 Å². The highest BCUT2D eigenvalue weighted by molar-refractivity contribution is 6.30. The van der Waals surface area contributed by atoms with Crippen LogP contribution < -0.4 is 10.3 Å². The first kappa shape index (κ1) is 19.9. The maximum absolute atomic E-state index is 12.7. The molecule has 0 aliphatic heterocycles. The molecule has 2 heterocycles. The van der Waals surface area contributed by atoms with Crippen LogP contribution in [0.1, 0.15) is 32.7 Å². The standard InChI is InChI=1S/C24H19ClN2O3/c1-15-4-3-5-21-26-23(16(2)24(29)27(15)21)30-14-17-6-8-18(9-7-17)22(28)19-10-12-20(25)13-11-19/h3-13H,14H2,1-2H3. The average molecular weight is 419 g/mol. The molecule has 0 unspecified atom stereocenters. The second-order valence-corrected chi connectivity index (χ2v) is 7.47. The number of aryl methyl sites for hydroxylation is 1. The topological polar surface area (TPSA) is 60.7 Å². The third-order valence-corrected chi connectivity index (χ3v) is 5.18. The second-order valence-electron chi connectivity index (χ2n) is 7.03. The number of carbonyl (C=O) groups is 1. The van der Waals surface area contributed by atoms with Crippen LogP contribution in [0, 0.1) is 13.8 Å². The van der Waals surface area contributed by atoms with Crippen LogP contribution in [-0.4, -0.2) is 15.2 Å². The van der Waals surface area contributed by atoms with Crippen molar-refractivity contribution in [3.8, 4) is 5.88 Å². The van der Waals surface area contributed by atoms with E-state index in [9.17, 15) is 9.59 Å². The van der Waals surface area contributed by atoms with Gasteiger partial charge in [0.15, 0.2) is 5.78 Å². The summed E-state index contributed by atoms with van der Waals surface area (Å²) in [5, 5.41) is 0.589. The summed E-state index contributed by atoms with van der Waals surface area (Å²) < 4.78 is 7.39. The summed E-state index contributed by atoms with van der Waals surface area (Å²) in [7, 11) is 0. The number of nitrogens with zero attached hydrogens (tertiary/aromatic N) is 2. The summed E-state index contributed by atoms with van der Waals surface area (Å²) in [6, 6.07) is 19.5. The monoisotopic (exact) mass is 418 g/mol. The smallest absolute Gasteiger partial charge is 0.264 e. The fourth-order valence-corrected chi connectivity index (χ4v) is 3.34. The Balaban J connectivity index is 1.52. The minimum atomic E-state index is -0.142. The number of ether oxygens (including phenoxy) is 1. The van der Waals surface area contributed by atoms with Crippen LogP contribution in [0.15, 0.2) is 71.5 Å². The van der Waals surface area contributed by atoms with Gasteiger partial charge in [0.2, 0.25) is 5.88 Å². The number of hydrogen-bond donors (Lipinski definition) is 0. The first-order chi connectivity index (χ1) is 14.4. The second kappa shape index (κ2) is 8.13. The van der Waals surface area contributed by atoms with Crippen molar-refractivity contribution in [2.45, 2.75) is 20.5 Å². The van der Waals surface area contributed by atoms with Crippen LogP contribution in [0.2, 0.25) is 5.02 Å². The largest absolute Gasteiger partial charge is 0.472 e. The van der Waals surface area contributed by atoms with Gasteiger partial charge in [0.25, 0.3) is 5.56 Å². The molecule has 0 saturated heterocycles. The van der Waals surface area contributed by atoms with E-state index < -0.39 is 0 Å². The molecule has 2 aromatic heterocycles. The Kier molecular flexibility index (Phi) is 5.38. The van der Waals surface area contributed by atoms with E-state index in [1.54, 1.807) is 53.8 Å². The number of ketones is 1. The molecule has 0 aliphatic carbocycles. The average Bonchev–Trinajstić information content (AvgIpc) is 2.75. The number of fused-ring (bicyclic) bond motifs is 1. The summed E-state index contributed by atoms with van der Waals surface area (Å²) in [6.07, 6.45) is 0. The van der Waals surface area contributed by atoms with Crippen molar-refractivity contribution in [3.05, 3.63) is 110 Å². The molecule has 0 atom stereocenters. The van der Waals surface area contributed by atoms with Crippen molar-refractivity contribution in [1.82, 2.24) is 9.38 Å². The predicted octanol–water partition coefficient (Wildman–Crippen LogP) is 4.77. The molecule has 5 nitrogen and oxygen atoms in total. The van der Waals surface area contributed by atoms with Crippen molar-refractivity contribution < 1.29 is 9.53 Å². The maximum atomic E-state index is 12.7. The minimum absolute atomic E-state index is 0.0745. The zero-order chi connectivity index (χ0) is 21.3. The van der Waals surface area contributed by atoms with E-state index in [4.69, 9.17) is 16.3 Å². The van der Waals surface area contributed by atoms with E-state index in [2.05, 4.69) is 4.98 Å². The molecule has 0 aliphatic rings. The van der Waals surface area contributed by atoms with Gasteiger partial charge in [-0.1, -0.05) is 41.9 Å². The SMILES string of the molecule is Cc1c(OCc2ccc(C(=O)c3ccc(Cl)cc3)cc2)nc2cccc(C)n2c1=O. The molecular formula is C24H19ClN2O3. The van der Waals surface area contributed by atoms with Crippen molar-refractivity contribution in [3.63, 3.8) is 0 Å². The Hall–Kier alpha value is -3.44. The maximum Gasteiger partial charge on any atom is 0.264 e. The molecule has 0 fully saturated rings. The van der Waals surface area contributed by atoms with Gasteiger partial charge < -0.3 is 4.74 Å². The summed E-state index contributed by atoms with van der Waals surface area (Å²) in [5.74, 6) is 0.237. The highest BCUT2D eigenvalue weighted by Crippen LogP contribution is 2.17. The first-order valence-electron chi connectivity index (χ1n) is 9.45. The molecule has 0 bridgehead atoms. The molecule has 2 aromatic carbocycles. The molecule has 0 amide bonds.